The molecular formula is C15H12ClFO. The van der Waals surface area contributed by atoms with E-state index < -0.39 is 6.10 Å². The summed E-state index contributed by atoms with van der Waals surface area (Å²) in [6, 6.07) is 12.0. The predicted molar refractivity (Wildman–Crippen MR) is 69.3 cm³/mol. The van der Waals surface area contributed by atoms with Gasteiger partial charge < -0.3 is 5.11 Å². The average Bonchev–Trinajstić information content (AvgIpc) is 2.66. The predicted octanol–water partition coefficient (Wildman–Crippen LogP) is 4.05. The molecule has 0 aromatic heterocycles. The third-order valence-corrected chi connectivity index (χ3v) is 3.73. The molecule has 1 aliphatic carbocycles. The van der Waals surface area contributed by atoms with Gasteiger partial charge in [-0.15, -0.1) is 0 Å². The summed E-state index contributed by atoms with van der Waals surface area (Å²) in [6.07, 6.45) is 0.0876. The van der Waals surface area contributed by atoms with Gasteiger partial charge in [0.05, 0.1) is 6.10 Å². The van der Waals surface area contributed by atoms with E-state index in [-0.39, 0.29) is 11.7 Å². The summed E-state index contributed by atoms with van der Waals surface area (Å²) in [5.74, 6) is -0.234. The van der Waals surface area contributed by atoms with Gasteiger partial charge in [0.25, 0.3) is 0 Å². The lowest BCUT2D eigenvalue weighted by molar-refractivity contribution is 0.176. The van der Waals surface area contributed by atoms with Crippen LogP contribution in [0.15, 0.2) is 42.5 Å². The van der Waals surface area contributed by atoms with Crippen molar-refractivity contribution in [2.24, 2.45) is 0 Å². The Morgan fingerprint density at radius 2 is 1.94 bits per heavy atom. The zero-order chi connectivity index (χ0) is 12.7. The van der Waals surface area contributed by atoms with E-state index >= 15 is 0 Å². The largest absolute Gasteiger partial charge is 0.388 e. The van der Waals surface area contributed by atoms with Crippen molar-refractivity contribution in [2.45, 2.75) is 18.4 Å². The van der Waals surface area contributed by atoms with E-state index in [9.17, 15) is 9.50 Å². The van der Waals surface area contributed by atoms with Crippen molar-refractivity contribution >= 4 is 11.6 Å². The van der Waals surface area contributed by atoms with E-state index in [2.05, 4.69) is 0 Å². The van der Waals surface area contributed by atoms with E-state index in [4.69, 9.17) is 11.6 Å². The Morgan fingerprint density at radius 3 is 2.72 bits per heavy atom. The Balaban J connectivity index is 2.09. The third-order valence-electron chi connectivity index (χ3n) is 3.49. The molecule has 0 aliphatic heterocycles. The lowest BCUT2D eigenvalue weighted by Gasteiger charge is -2.12. The molecule has 1 aliphatic rings. The van der Waals surface area contributed by atoms with Gasteiger partial charge >= 0.3 is 0 Å². The Morgan fingerprint density at radius 1 is 1.11 bits per heavy atom. The fourth-order valence-corrected chi connectivity index (χ4v) is 2.85. The highest BCUT2D eigenvalue weighted by molar-refractivity contribution is 6.30. The maximum atomic E-state index is 13.3. The lowest BCUT2D eigenvalue weighted by Crippen LogP contribution is -1.97. The average molecular weight is 263 g/mol. The molecule has 0 saturated carbocycles. The van der Waals surface area contributed by atoms with Gasteiger partial charge in [-0.3, -0.25) is 0 Å². The van der Waals surface area contributed by atoms with Crippen molar-refractivity contribution in [3.63, 3.8) is 0 Å². The maximum absolute atomic E-state index is 13.3. The highest BCUT2D eigenvalue weighted by Crippen LogP contribution is 2.44. The SMILES string of the molecule is O[C@H]1C[C@@H](c2cccc(F)c2)c2cc(Cl)ccc21. The molecule has 3 rings (SSSR count). The molecule has 0 saturated heterocycles. The molecule has 2 aromatic rings. The zero-order valence-corrected chi connectivity index (χ0v) is 10.4. The number of rotatable bonds is 1. The molecule has 0 unspecified atom stereocenters. The van der Waals surface area contributed by atoms with Crippen LogP contribution in [-0.2, 0) is 0 Å². The van der Waals surface area contributed by atoms with Gasteiger partial charge in [-0.1, -0.05) is 29.8 Å². The molecule has 0 radical (unpaired) electrons. The van der Waals surface area contributed by atoms with Gasteiger partial charge in [0, 0.05) is 10.9 Å². The lowest BCUT2D eigenvalue weighted by atomic mass is 9.93. The Kier molecular flexibility index (Phi) is 2.84. The van der Waals surface area contributed by atoms with E-state index in [0.29, 0.717) is 11.4 Å². The second-order valence-electron chi connectivity index (χ2n) is 4.63. The molecule has 0 bridgehead atoms. The van der Waals surface area contributed by atoms with Crippen LogP contribution in [0.5, 0.6) is 0 Å². The molecule has 18 heavy (non-hydrogen) atoms. The van der Waals surface area contributed by atoms with Crippen LogP contribution >= 0.6 is 11.6 Å². The normalized spacial score (nSPS) is 21.9. The smallest absolute Gasteiger partial charge is 0.123 e. The molecule has 0 spiro atoms. The van der Waals surface area contributed by atoms with Gasteiger partial charge in [0.2, 0.25) is 0 Å². The van der Waals surface area contributed by atoms with Gasteiger partial charge in [-0.05, 0) is 47.4 Å². The van der Waals surface area contributed by atoms with Gasteiger partial charge in [0.15, 0.2) is 0 Å². The number of benzene rings is 2. The molecule has 0 fully saturated rings. The van der Waals surface area contributed by atoms with Crippen molar-refractivity contribution in [3.8, 4) is 0 Å². The molecule has 92 valence electrons. The summed E-state index contributed by atoms with van der Waals surface area (Å²) in [4.78, 5) is 0. The van der Waals surface area contributed by atoms with Crippen molar-refractivity contribution < 1.29 is 9.50 Å². The molecule has 2 aromatic carbocycles. The van der Waals surface area contributed by atoms with Crippen LogP contribution < -0.4 is 0 Å². The quantitative estimate of drug-likeness (QED) is 0.822. The van der Waals surface area contributed by atoms with E-state index in [0.717, 1.165) is 16.7 Å². The maximum Gasteiger partial charge on any atom is 0.123 e. The summed E-state index contributed by atoms with van der Waals surface area (Å²) in [5.41, 5.74) is 2.78. The molecule has 1 N–H and O–H groups in total. The fraction of sp³-hybridized carbons (Fsp3) is 0.200. The topological polar surface area (TPSA) is 20.2 Å². The van der Waals surface area contributed by atoms with Crippen molar-refractivity contribution in [1.29, 1.82) is 0 Å². The minimum atomic E-state index is -0.495. The first kappa shape index (κ1) is 11.7. The second-order valence-corrected chi connectivity index (χ2v) is 5.07. The van der Waals surface area contributed by atoms with E-state index in [1.54, 1.807) is 12.1 Å². The standard InChI is InChI=1S/C15H12ClFO/c16-10-4-5-12-14(7-10)13(8-15(12)18)9-2-1-3-11(17)6-9/h1-7,13,15,18H,8H2/t13-,15-/m0/s1. The van der Waals surface area contributed by atoms with E-state index in [1.165, 1.54) is 12.1 Å². The first-order valence-electron chi connectivity index (χ1n) is 5.88. The minimum Gasteiger partial charge on any atom is -0.388 e. The Bertz CT molecular complexity index is 597. The number of aliphatic hydroxyl groups is 1. The van der Waals surface area contributed by atoms with Crippen LogP contribution in [0, 0.1) is 5.82 Å². The molecule has 2 atom stereocenters. The van der Waals surface area contributed by atoms with Gasteiger partial charge in [-0.25, -0.2) is 4.39 Å². The number of fused-ring (bicyclic) bond motifs is 1. The summed E-state index contributed by atoms with van der Waals surface area (Å²) in [7, 11) is 0. The second kappa shape index (κ2) is 4.38. The minimum absolute atomic E-state index is 0.0180. The van der Waals surface area contributed by atoms with Crippen LogP contribution in [0.4, 0.5) is 4.39 Å². The fourth-order valence-electron chi connectivity index (χ4n) is 2.67. The summed E-state index contributed by atoms with van der Waals surface area (Å²) >= 11 is 6.00. The van der Waals surface area contributed by atoms with Crippen molar-refractivity contribution in [2.75, 3.05) is 0 Å². The summed E-state index contributed by atoms with van der Waals surface area (Å²) < 4.78 is 13.3. The first-order valence-corrected chi connectivity index (χ1v) is 6.26. The van der Waals surface area contributed by atoms with Gasteiger partial charge in [-0.2, -0.15) is 0 Å². The van der Waals surface area contributed by atoms with Crippen LogP contribution in [-0.4, -0.2) is 5.11 Å². The van der Waals surface area contributed by atoms with Crippen LogP contribution in [0.25, 0.3) is 0 Å². The van der Waals surface area contributed by atoms with Crippen LogP contribution in [0.2, 0.25) is 5.02 Å². The zero-order valence-electron chi connectivity index (χ0n) is 9.61. The summed E-state index contributed by atoms with van der Waals surface area (Å²) in [6.45, 7) is 0. The van der Waals surface area contributed by atoms with Crippen LogP contribution in [0.1, 0.15) is 35.1 Å². The number of hydrogen-bond acceptors (Lipinski definition) is 1. The Hall–Kier alpha value is -1.38. The monoisotopic (exact) mass is 262 g/mol. The number of hydrogen-bond donors (Lipinski definition) is 1. The molecule has 0 amide bonds. The van der Waals surface area contributed by atoms with Gasteiger partial charge in [0.1, 0.15) is 5.82 Å². The molecule has 1 nitrogen and oxygen atoms in total. The molecule has 0 heterocycles. The summed E-state index contributed by atoms with van der Waals surface area (Å²) in [5, 5.41) is 10.7. The first-order chi connectivity index (χ1) is 8.65. The number of halogens is 2. The van der Waals surface area contributed by atoms with E-state index in [1.807, 2.05) is 18.2 Å². The van der Waals surface area contributed by atoms with Crippen molar-refractivity contribution in [3.05, 3.63) is 70.0 Å². The number of aliphatic hydroxyl groups excluding tert-OH is 1. The molecule has 3 heteroatoms. The van der Waals surface area contributed by atoms with Crippen LogP contribution in [0.3, 0.4) is 0 Å². The highest BCUT2D eigenvalue weighted by Gasteiger charge is 2.30. The van der Waals surface area contributed by atoms with Crippen molar-refractivity contribution in [1.82, 2.24) is 0 Å². The highest BCUT2D eigenvalue weighted by atomic mass is 35.5. The Labute approximate surface area is 110 Å². The molecular weight excluding hydrogens is 251 g/mol. The third kappa shape index (κ3) is 1.92.